The summed E-state index contributed by atoms with van der Waals surface area (Å²) < 4.78 is 61.3. The van der Waals surface area contributed by atoms with E-state index in [-0.39, 0.29) is 36.9 Å². The number of benzene rings is 2. The molecule has 2 aliphatic heterocycles. The van der Waals surface area contributed by atoms with Crippen molar-refractivity contribution in [2.75, 3.05) is 52.9 Å². The van der Waals surface area contributed by atoms with Gasteiger partial charge < -0.3 is 14.5 Å². The Kier molecular flexibility index (Phi) is 8.18. The molecule has 7 nitrogen and oxygen atoms in total. The van der Waals surface area contributed by atoms with Crippen LogP contribution in [0.15, 0.2) is 47.4 Å². The average Bonchev–Trinajstić information content (AvgIpc) is 2.86. The third-order valence-electron chi connectivity index (χ3n) is 6.90. The number of sulfonamides is 1. The first kappa shape index (κ1) is 26.8. The van der Waals surface area contributed by atoms with Gasteiger partial charge in [0, 0.05) is 56.1 Å². The maximum absolute atomic E-state index is 13.8. The van der Waals surface area contributed by atoms with Crippen molar-refractivity contribution in [3.05, 3.63) is 59.1 Å². The number of amides is 1. The summed E-state index contributed by atoms with van der Waals surface area (Å²) in [6.45, 7) is 3.14. The topological polar surface area (TPSA) is 70.2 Å². The van der Waals surface area contributed by atoms with E-state index in [9.17, 15) is 22.0 Å². The highest BCUT2D eigenvalue weighted by Crippen LogP contribution is 2.37. The van der Waals surface area contributed by atoms with Crippen LogP contribution in [0.3, 0.4) is 0 Å². The van der Waals surface area contributed by atoms with Crippen LogP contribution in [0.5, 0.6) is 5.75 Å². The second kappa shape index (κ2) is 11.0. The van der Waals surface area contributed by atoms with Crippen molar-refractivity contribution in [1.82, 2.24) is 14.1 Å². The number of nitrogens with zero attached hydrogens (tertiary/aromatic N) is 3. The summed E-state index contributed by atoms with van der Waals surface area (Å²) in [4.78, 5) is 17.0. The maximum atomic E-state index is 13.8. The molecule has 1 amide bonds. The monoisotopic (exact) mass is 541 g/mol. The molecule has 2 saturated heterocycles. The predicted molar refractivity (Wildman–Crippen MR) is 132 cm³/mol. The summed E-state index contributed by atoms with van der Waals surface area (Å²) in [5.74, 6) is -1.83. The summed E-state index contributed by atoms with van der Waals surface area (Å²) in [5, 5.41) is 0.559. The number of hydrogen-bond acceptors (Lipinski definition) is 5. The Labute approximate surface area is 215 Å². The summed E-state index contributed by atoms with van der Waals surface area (Å²) in [6.07, 6.45) is 1.21. The zero-order valence-corrected chi connectivity index (χ0v) is 21.7. The minimum absolute atomic E-state index is 0.0292. The number of likely N-dealkylation sites (N-methyl/N-ethyl adjacent to an activating group) is 1. The van der Waals surface area contributed by atoms with Crippen molar-refractivity contribution in [3.8, 4) is 5.75 Å². The summed E-state index contributed by atoms with van der Waals surface area (Å²) in [6, 6.07) is 9.39. The number of ether oxygens (including phenoxy) is 1. The van der Waals surface area contributed by atoms with Crippen LogP contribution in [0.2, 0.25) is 5.02 Å². The molecule has 0 bridgehead atoms. The molecule has 2 fully saturated rings. The summed E-state index contributed by atoms with van der Waals surface area (Å²) in [7, 11) is -2.10. The van der Waals surface area contributed by atoms with E-state index in [0.29, 0.717) is 42.8 Å². The van der Waals surface area contributed by atoms with Crippen molar-refractivity contribution in [2.45, 2.75) is 24.2 Å². The van der Waals surface area contributed by atoms with E-state index in [2.05, 4.69) is 4.90 Å². The number of halogens is 3. The Morgan fingerprint density at radius 3 is 2.39 bits per heavy atom. The molecule has 11 heteroatoms. The van der Waals surface area contributed by atoms with Gasteiger partial charge in [-0.25, -0.2) is 17.2 Å². The standard InChI is InChI=1S/C25H30ClF2N3O4S/c1-29-11-13-30(14-12-29)24(32)16-25(18-35-20-5-3-19(26)4-6-20)9-2-10-31(17-25)36(33,34)21-7-8-22(27)23(28)15-21/h3-8,15H,2,9-14,16-18H2,1H3/t25-/m1/s1. The molecule has 1 atom stereocenters. The lowest BCUT2D eigenvalue weighted by atomic mass is 9.78. The van der Waals surface area contributed by atoms with Crippen molar-refractivity contribution in [1.29, 1.82) is 0 Å². The first-order chi connectivity index (χ1) is 17.1. The van der Waals surface area contributed by atoms with Gasteiger partial charge in [-0.1, -0.05) is 11.6 Å². The normalized spacial score (nSPS) is 21.9. The van der Waals surface area contributed by atoms with Crippen LogP contribution in [-0.4, -0.2) is 81.4 Å². The molecule has 2 aromatic rings. The van der Waals surface area contributed by atoms with Crippen LogP contribution in [-0.2, 0) is 14.8 Å². The van der Waals surface area contributed by atoms with E-state index in [4.69, 9.17) is 16.3 Å². The van der Waals surface area contributed by atoms with Crippen LogP contribution in [0.1, 0.15) is 19.3 Å². The lowest BCUT2D eigenvalue weighted by Crippen LogP contribution is -2.53. The molecule has 0 spiro atoms. The van der Waals surface area contributed by atoms with Gasteiger partial charge >= 0.3 is 0 Å². The lowest BCUT2D eigenvalue weighted by molar-refractivity contribution is -0.136. The van der Waals surface area contributed by atoms with Crippen LogP contribution in [0.25, 0.3) is 0 Å². The van der Waals surface area contributed by atoms with E-state index in [0.717, 1.165) is 25.2 Å². The lowest BCUT2D eigenvalue weighted by Gasteiger charge is -2.43. The van der Waals surface area contributed by atoms with Gasteiger partial charge in [-0.2, -0.15) is 4.31 Å². The molecular weight excluding hydrogens is 512 g/mol. The van der Waals surface area contributed by atoms with E-state index < -0.39 is 27.1 Å². The Morgan fingerprint density at radius 1 is 1.03 bits per heavy atom. The quantitative estimate of drug-likeness (QED) is 0.535. The highest BCUT2D eigenvalue weighted by atomic mass is 35.5. The minimum atomic E-state index is -4.11. The summed E-state index contributed by atoms with van der Waals surface area (Å²) >= 11 is 5.97. The second-order valence-electron chi connectivity index (χ2n) is 9.62. The fraction of sp³-hybridized carbons (Fsp3) is 0.480. The van der Waals surface area contributed by atoms with Gasteiger partial charge in [0.05, 0.1) is 11.5 Å². The molecule has 0 aliphatic carbocycles. The fourth-order valence-electron chi connectivity index (χ4n) is 4.72. The number of piperidine rings is 1. The molecule has 36 heavy (non-hydrogen) atoms. The Balaban J connectivity index is 1.58. The molecule has 196 valence electrons. The third kappa shape index (κ3) is 6.16. The van der Waals surface area contributed by atoms with Crippen molar-refractivity contribution in [3.63, 3.8) is 0 Å². The van der Waals surface area contributed by atoms with Crippen LogP contribution < -0.4 is 4.74 Å². The second-order valence-corrected chi connectivity index (χ2v) is 12.0. The number of piperazine rings is 1. The highest BCUT2D eigenvalue weighted by Gasteiger charge is 2.43. The third-order valence-corrected chi connectivity index (χ3v) is 8.99. The SMILES string of the molecule is CN1CCN(C(=O)C[C@]2(COc3ccc(Cl)cc3)CCCN(S(=O)(=O)c3ccc(F)c(F)c3)C2)CC1. The smallest absolute Gasteiger partial charge is 0.243 e. The number of carbonyl (C=O) groups is 1. The van der Waals surface area contributed by atoms with Crippen LogP contribution in [0, 0.1) is 17.0 Å². The molecule has 0 saturated carbocycles. The fourth-order valence-corrected chi connectivity index (χ4v) is 6.45. The van der Waals surface area contributed by atoms with Crippen LogP contribution >= 0.6 is 11.6 Å². The zero-order valence-electron chi connectivity index (χ0n) is 20.1. The van der Waals surface area contributed by atoms with Gasteiger partial charge in [-0.3, -0.25) is 4.79 Å². The van der Waals surface area contributed by atoms with Gasteiger partial charge in [0.25, 0.3) is 0 Å². The average molecular weight is 542 g/mol. The first-order valence-corrected chi connectivity index (χ1v) is 13.7. The molecule has 0 unspecified atom stereocenters. The Hall–Kier alpha value is -2.27. The number of rotatable bonds is 7. The molecular formula is C25H30ClF2N3O4S. The molecule has 2 aromatic carbocycles. The van der Waals surface area contributed by atoms with Crippen LogP contribution in [0.4, 0.5) is 8.78 Å². The first-order valence-electron chi connectivity index (χ1n) is 11.9. The molecule has 2 aliphatic rings. The summed E-state index contributed by atoms with van der Waals surface area (Å²) in [5.41, 5.74) is -0.788. The number of carbonyl (C=O) groups excluding carboxylic acids is 1. The minimum Gasteiger partial charge on any atom is -0.493 e. The van der Waals surface area contributed by atoms with E-state index in [1.54, 1.807) is 24.3 Å². The Bertz CT molecular complexity index is 1190. The molecule has 2 heterocycles. The van der Waals surface area contributed by atoms with Gasteiger partial charge in [-0.05, 0) is 62.4 Å². The predicted octanol–water partition coefficient (Wildman–Crippen LogP) is 3.63. The largest absolute Gasteiger partial charge is 0.493 e. The van der Waals surface area contributed by atoms with Crippen molar-refractivity contribution >= 4 is 27.5 Å². The van der Waals surface area contributed by atoms with E-state index >= 15 is 0 Å². The molecule has 4 rings (SSSR count). The van der Waals surface area contributed by atoms with Crippen molar-refractivity contribution in [2.24, 2.45) is 5.41 Å². The van der Waals surface area contributed by atoms with Gasteiger partial charge in [0.15, 0.2) is 11.6 Å². The van der Waals surface area contributed by atoms with E-state index in [1.807, 2.05) is 11.9 Å². The highest BCUT2D eigenvalue weighted by molar-refractivity contribution is 7.89. The van der Waals surface area contributed by atoms with Gasteiger partial charge in [0.2, 0.25) is 15.9 Å². The Morgan fingerprint density at radius 2 is 1.72 bits per heavy atom. The molecule has 0 aromatic heterocycles. The maximum Gasteiger partial charge on any atom is 0.243 e. The molecule has 0 N–H and O–H groups in total. The number of hydrogen-bond donors (Lipinski definition) is 0. The zero-order chi connectivity index (χ0) is 25.9. The van der Waals surface area contributed by atoms with Crippen molar-refractivity contribution < 1.29 is 26.7 Å². The molecule has 0 radical (unpaired) electrons. The van der Waals surface area contributed by atoms with Gasteiger partial charge in [-0.15, -0.1) is 0 Å². The van der Waals surface area contributed by atoms with E-state index in [1.165, 1.54) is 4.31 Å². The van der Waals surface area contributed by atoms with Gasteiger partial charge in [0.1, 0.15) is 5.75 Å².